The van der Waals surface area contributed by atoms with E-state index in [1.807, 2.05) is 31.2 Å². The highest BCUT2D eigenvalue weighted by Crippen LogP contribution is 2.19. The second-order valence-corrected chi connectivity index (χ2v) is 8.28. The highest BCUT2D eigenvalue weighted by molar-refractivity contribution is 5.91. The summed E-state index contributed by atoms with van der Waals surface area (Å²) in [5, 5.41) is 7.05. The minimum Gasteiger partial charge on any atom is -0.354 e. The molecule has 0 unspecified atom stereocenters. The number of nitrogens with zero attached hydrogens (tertiary/aromatic N) is 4. The lowest BCUT2D eigenvalue weighted by molar-refractivity contribution is -0.121. The molecule has 0 saturated heterocycles. The van der Waals surface area contributed by atoms with Crippen LogP contribution in [0.5, 0.6) is 0 Å². The highest BCUT2D eigenvalue weighted by Gasteiger charge is 2.30. The van der Waals surface area contributed by atoms with E-state index in [2.05, 4.69) is 16.5 Å². The first-order valence-electron chi connectivity index (χ1n) is 11.0. The molecular weight excluding hydrogens is 394 g/mol. The number of carbonyl (C=O) groups is 2. The smallest absolute Gasteiger partial charge is 0.346 e. The Bertz CT molecular complexity index is 1070. The van der Waals surface area contributed by atoms with Gasteiger partial charge in [-0.05, 0) is 50.2 Å². The number of nitrogens with one attached hydrogen (secondary N) is 1. The number of amides is 2. The summed E-state index contributed by atoms with van der Waals surface area (Å²) in [7, 11) is 0. The normalized spacial score (nSPS) is 16.1. The standard InChI is InChI=1S/C23H29N5O3/c1-17-7-5-6-10-19(17)15-26-13-14-27-21(22(26)30)25-28(23(27)31)16-20(29)24-12-11-18-8-3-2-4-9-18/h5-8,10H,2-4,9,11-16H2,1H3,(H,24,29). The maximum absolute atomic E-state index is 12.9. The van der Waals surface area contributed by atoms with Crippen molar-refractivity contribution in [3.05, 3.63) is 63.4 Å². The molecule has 0 radical (unpaired) electrons. The molecule has 2 amide bonds. The fourth-order valence-corrected chi connectivity index (χ4v) is 4.20. The van der Waals surface area contributed by atoms with Crippen molar-refractivity contribution in [2.75, 3.05) is 13.1 Å². The fourth-order valence-electron chi connectivity index (χ4n) is 4.20. The SMILES string of the molecule is Cc1ccccc1CN1CCn2c(nn(CC(=O)NCCC3=CCCCC3)c2=O)C1=O. The summed E-state index contributed by atoms with van der Waals surface area (Å²) in [6, 6.07) is 7.92. The molecule has 1 aromatic carbocycles. The predicted octanol–water partition coefficient (Wildman–Crippen LogP) is 2.02. The average molecular weight is 424 g/mol. The second-order valence-electron chi connectivity index (χ2n) is 8.28. The first kappa shape index (κ1) is 21.1. The molecule has 8 heteroatoms. The monoisotopic (exact) mass is 423 g/mol. The molecule has 31 heavy (non-hydrogen) atoms. The molecular formula is C23H29N5O3. The van der Waals surface area contributed by atoms with Crippen molar-refractivity contribution in [1.29, 1.82) is 0 Å². The number of hydrogen-bond donors (Lipinski definition) is 1. The molecule has 8 nitrogen and oxygen atoms in total. The lowest BCUT2D eigenvalue weighted by Gasteiger charge is -2.27. The predicted molar refractivity (Wildman–Crippen MR) is 117 cm³/mol. The molecule has 0 bridgehead atoms. The highest BCUT2D eigenvalue weighted by atomic mass is 16.2. The van der Waals surface area contributed by atoms with Gasteiger partial charge in [-0.15, -0.1) is 5.10 Å². The number of aryl methyl sites for hydroxylation is 1. The molecule has 4 rings (SSSR count). The van der Waals surface area contributed by atoms with Crippen LogP contribution in [0.25, 0.3) is 0 Å². The molecule has 2 aromatic rings. The molecule has 2 heterocycles. The number of fused-ring (bicyclic) bond motifs is 1. The molecule has 2 aliphatic rings. The summed E-state index contributed by atoms with van der Waals surface area (Å²) in [5.74, 6) is -0.446. The summed E-state index contributed by atoms with van der Waals surface area (Å²) >= 11 is 0. The van der Waals surface area contributed by atoms with Crippen molar-refractivity contribution in [2.24, 2.45) is 0 Å². The van der Waals surface area contributed by atoms with Gasteiger partial charge < -0.3 is 10.2 Å². The van der Waals surface area contributed by atoms with Crippen LogP contribution in [0, 0.1) is 6.92 Å². The van der Waals surface area contributed by atoms with Gasteiger partial charge in [-0.2, -0.15) is 0 Å². The Balaban J connectivity index is 1.38. The summed E-state index contributed by atoms with van der Waals surface area (Å²) in [4.78, 5) is 39.6. The number of rotatable bonds is 7. The van der Waals surface area contributed by atoms with Gasteiger partial charge in [0.15, 0.2) is 0 Å². The zero-order chi connectivity index (χ0) is 21.8. The first-order chi connectivity index (χ1) is 15.0. The summed E-state index contributed by atoms with van der Waals surface area (Å²) in [6.07, 6.45) is 7.78. The number of benzene rings is 1. The van der Waals surface area contributed by atoms with E-state index in [1.54, 1.807) is 4.90 Å². The van der Waals surface area contributed by atoms with E-state index in [1.165, 1.54) is 23.0 Å². The Morgan fingerprint density at radius 2 is 2.00 bits per heavy atom. The first-order valence-corrected chi connectivity index (χ1v) is 11.0. The van der Waals surface area contributed by atoms with Crippen molar-refractivity contribution in [3.63, 3.8) is 0 Å². The van der Waals surface area contributed by atoms with Crippen LogP contribution in [0.1, 0.15) is 53.8 Å². The van der Waals surface area contributed by atoms with Crippen molar-refractivity contribution >= 4 is 11.8 Å². The summed E-state index contributed by atoms with van der Waals surface area (Å²) in [5.41, 5.74) is 3.16. The second kappa shape index (κ2) is 9.32. The third kappa shape index (κ3) is 4.78. The van der Waals surface area contributed by atoms with Gasteiger partial charge in [0.2, 0.25) is 11.7 Å². The zero-order valence-corrected chi connectivity index (χ0v) is 18.0. The van der Waals surface area contributed by atoms with Crippen molar-refractivity contribution in [1.82, 2.24) is 24.6 Å². The van der Waals surface area contributed by atoms with Crippen LogP contribution in [0.4, 0.5) is 0 Å². The Kier molecular flexibility index (Phi) is 6.34. The summed E-state index contributed by atoms with van der Waals surface area (Å²) < 4.78 is 2.47. The van der Waals surface area contributed by atoms with E-state index in [9.17, 15) is 14.4 Å². The van der Waals surface area contributed by atoms with Crippen LogP contribution in [-0.2, 0) is 24.4 Å². The van der Waals surface area contributed by atoms with E-state index in [0.717, 1.165) is 35.1 Å². The van der Waals surface area contributed by atoms with Crippen LogP contribution < -0.4 is 11.0 Å². The molecule has 1 aromatic heterocycles. The van der Waals surface area contributed by atoms with Crippen LogP contribution in [0.15, 0.2) is 40.7 Å². The quantitative estimate of drug-likeness (QED) is 0.690. The van der Waals surface area contributed by atoms with Gasteiger partial charge in [0, 0.05) is 26.2 Å². The van der Waals surface area contributed by atoms with Crippen LogP contribution in [0.3, 0.4) is 0 Å². The lowest BCUT2D eigenvalue weighted by Crippen LogP contribution is -2.42. The Hall–Kier alpha value is -3.16. The molecule has 0 fully saturated rings. The van der Waals surface area contributed by atoms with Gasteiger partial charge in [0.25, 0.3) is 5.91 Å². The third-order valence-electron chi connectivity index (χ3n) is 6.06. The minimum atomic E-state index is -0.413. The van der Waals surface area contributed by atoms with E-state index in [0.29, 0.717) is 26.2 Å². The van der Waals surface area contributed by atoms with Gasteiger partial charge >= 0.3 is 5.69 Å². The molecule has 0 spiro atoms. The largest absolute Gasteiger partial charge is 0.354 e. The van der Waals surface area contributed by atoms with Gasteiger partial charge in [0.05, 0.1) is 0 Å². The van der Waals surface area contributed by atoms with Crippen LogP contribution >= 0.6 is 0 Å². The van der Waals surface area contributed by atoms with E-state index < -0.39 is 5.69 Å². The fraction of sp³-hybridized carbons (Fsp3) is 0.478. The Labute approximate surface area is 181 Å². The number of hydrogen-bond acceptors (Lipinski definition) is 4. The average Bonchev–Trinajstić information content (AvgIpc) is 3.08. The maximum atomic E-state index is 12.9. The van der Waals surface area contributed by atoms with Crippen molar-refractivity contribution in [2.45, 2.75) is 58.7 Å². The van der Waals surface area contributed by atoms with Crippen LogP contribution in [-0.4, -0.2) is 44.2 Å². The van der Waals surface area contributed by atoms with Crippen LogP contribution in [0.2, 0.25) is 0 Å². The third-order valence-corrected chi connectivity index (χ3v) is 6.06. The molecule has 164 valence electrons. The van der Waals surface area contributed by atoms with Gasteiger partial charge in [-0.3, -0.25) is 14.2 Å². The lowest BCUT2D eigenvalue weighted by atomic mass is 9.97. The van der Waals surface area contributed by atoms with Crippen molar-refractivity contribution < 1.29 is 9.59 Å². The van der Waals surface area contributed by atoms with E-state index >= 15 is 0 Å². The summed E-state index contributed by atoms with van der Waals surface area (Å²) in [6.45, 7) is 3.68. The van der Waals surface area contributed by atoms with E-state index in [4.69, 9.17) is 0 Å². The molecule has 1 aliphatic carbocycles. The Morgan fingerprint density at radius 3 is 2.77 bits per heavy atom. The Morgan fingerprint density at radius 1 is 1.16 bits per heavy atom. The number of allylic oxidation sites excluding steroid dienone is 1. The zero-order valence-electron chi connectivity index (χ0n) is 18.0. The molecule has 1 N–H and O–H groups in total. The minimum absolute atomic E-state index is 0.102. The number of carbonyl (C=O) groups excluding carboxylic acids is 2. The number of aromatic nitrogens is 3. The van der Waals surface area contributed by atoms with Gasteiger partial charge in [-0.1, -0.05) is 35.9 Å². The van der Waals surface area contributed by atoms with E-state index in [-0.39, 0.29) is 24.2 Å². The van der Waals surface area contributed by atoms with Crippen molar-refractivity contribution in [3.8, 4) is 0 Å². The molecule has 0 atom stereocenters. The topological polar surface area (TPSA) is 89.2 Å². The van der Waals surface area contributed by atoms with Gasteiger partial charge in [0.1, 0.15) is 6.54 Å². The maximum Gasteiger partial charge on any atom is 0.346 e. The van der Waals surface area contributed by atoms with Gasteiger partial charge in [-0.25, -0.2) is 9.48 Å². The molecule has 1 aliphatic heterocycles. The molecule has 0 saturated carbocycles.